The van der Waals surface area contributed by atoms with Crippen LogP contribution in [0.5, 0.6) is 0 Å². The molecule has 0 saturated carbocycles. The van der Waals surface area contributed by atoms with Gasteiger partial charge in [0.2, 0.25) is 0 Å². The van der Waals surface area contributed by atoms with Crippen molar-refractivity contribution in [3.8, 4) is 0 Å². The van der Waals surface area contributed by atoms with Gasteiger partial charge >= 0.3 is 17.9 Å². The van der Waals surface area contributed by atoms with Crippen LogP contribution in [0.1, 0.15) is 303 Å². The van der Waals surface area contributed by atoms with Gasteiger partial charge in [0.1, 0.15) is 13.2 Å². The number of carbonyl (C=O) groups is 3. The summed E-state index contributed by atoms with van der Waals surface area (Å²) in [4.78, 5) is 38.4. The van der Waals surface area contributed by atoms with Crippen molar-refractivity contribution < 1.29 is 28.6 Å². The monoisotopic (exact) mass is 1120 g/mol. The minimum absolute atomic E-state index is 0.109. The molecule has 0 aromatic carbocycles. The second-order valence-electron chi connectivity index (χ2n) is 22.0. The van der Waals surface area contributed by atoms with Crippen LogP contribution in [0.25, 0.3) is 0 Å². The van der Waals surface area contributed by atoms with Gasteiger partial charge in [0.25, 0.3) is 0 Å². The minimum Gasteiger partial charge on any atom is -0.462 e. The predicted octanol–water partition coefficient (Wildman–Crippen LogP) is 23.3. The molecule has 0 aliphatic heterocycles. The Morgan fingerprint density at radius 2 is 0.494 bits per heavy atom. The molecule has 0 aromatic rings. The summed E-state index contributed by atoms with van der Waals surface area (Å²) in [6.07, 6.45) is 96.1. The van der Waals surface area contributed by atoms with Crippen molar-refractivity contribution in [2.45, 2.75) is 309 Å². The molecule has 0 aliphatic rings. The topological polar surface area (TPSA) is 78.9 Å². The van der Waals surface area contributed by atoms with Gasteiger partial charge in [-0.15, -0.1) is 0 Å². The van der Waals surface area contributed by atoms with E-state index in [1.54, 1.807) is 0 Å². The Morgan fingerprint density at radius 1 is 0.259 bits per heavy atom. The summed E-state index contributed by atoms with van der Waals surface area (Å²) in [6, 6.07) is 0. The number of unbranched alkanes of at least 4 members (excludes halogenated alkanes) is 27. The van der Waals surface area contributed by atoms with Crippen LogP contribution in [0.2, 0.25) is 0 Å². The third-order valence-electron chi connectivity index (χ3n) is 14.1. The van der Waals surface area contributed by atoms with Crippen LogP contribution < -0.4 is 0 Å². The van der Waals surface area contributed by atoms with Gasteiger partial charge in [0.15, 0.2) is 6.10 Å². The summed E-state index contributed by atoms with van der Waals surface area (Å²) < 4.78 is 16.9. The second-order valence-corrected chi connectivity index (χ2v) is 22.0. The van der Waals surface area contributed by atoms with E-state index >= 15 is 0 Å². The lowest BCUT2D eigenvalue weighted by Crippen LogP contribution is -2.30. The largest absolute Gasteiger partial charge is 0.462 e. The number of ether oxygens (including phenoxy) is 3. The molecule has 6 heteroatoms. The second kappa shape index (κ2) is 68.1. The highest BCUT2D eigenvalue weighted by Gasteiger charge is 2.19. The van der Waals surface area contributed by atoms with Gasteiger partial charge in [-0.1, -0.05) is 283 Å². The first-order chi connectivity index (χ1) is 40.0. The molecule has 0 heterocycles. The highest BCUT2D eigenvalue weighted by molar-refractivity contribution is 5.71. The summed E-state index contributed by atoms with van der Waals surface area (Å²) in [5.74, 6) is -0.980. The maximum Gasteiger partial charge on any atom is 0.306 e. The highest BCUT2D eigenvalue weighted by Crippen LogP contribution is 2.16. The zero-order valence-corrected chi connectivity index (χ0v) is 52.8. The van der Waals surface area contributed by atoms with E-state index < -0.39 is 6.10 Å². The first-order valence-corrected chi connectivity index (χ1v) is 33.7. The van der Waals surface area contributed by atoms with Crippen molar-refractivity contribution in [2.75, 3.05) is 13.2 Å². The lowest BCUT2D eigenvalue weighted by Gasteiger charge is -2.18. The molecule has 0 rings (SSSR count). The van der Waals surface area contributed by atoms with Crippen molar-refractivity contribution in [2.24, 2.45) is 0 Å². The molecule has 6 nitrogen and oxygen atoms in total. The van der Waals surface area contributed by atoms with Crippen LogP contribution in [0.15, 0.2) is 134 Å². The Bertz CT molecular complexity index is 1720. The maximum absolute atomic E-state index is 12.9. The Labute approximate surface area is 500 Å². The standard InChI is InChI=1S/C75H124O6/c1-4-7-10-13-16-19-22-25-28-30-32-34-36-37-39-40-42-44-47-50-53-56-59-62-65-68-74(77)80-71-72(70-79-73(76)67-64-61-58-55-52-49-46-27-24-21-18-15-12-9-6-3)81-75(78)69-66-63-60-57-54-51-48-45-43-41-38-35-33-31-29-26-23-20-17-14-11-8-5-2/h8,11,17-18,20-22,25-27,29-30,32-33,35,41,43,46,48,51,57,60,72H,4-7,9-10,12-16,19,23-24,28,31,34,36-40,42,44-45,47,49-50,52-56,58-59,61-71H2,1-3H3/b11-8-,20-17-,21-18-,25-22-,29-26-,32-30-,35-33-,43-41-,46-27-,51-48-,60-57-. The zero-order chi connectivity index (χ0) is 58.5. The van der Waals surface area contributed by atoms with Crippen LogP contribution in [0.4, 0.5) is 0 Å². The van der Waals surface area contributed by atoms with Crippen molar-refractivity contribution in [3.63, 3.8) is 0 Å². The van der Waals surface area contributed by atoms with Gasteiger partial charge in [-0.05, 0) is 135 Å². The average Bonchev–Trinajstić information content (AvgIpc) is 3.47. The van der Waals surface area contributed by atoms with Crippen LogP contribution in [-0.4, -0.2) is 37.2 Å². The van der Waals surface area contributed by atoms with E-state index in [0.717, 1.165) is 122 Å². The molecular weight excluding hydrogens is 997 g/mol. The Kier molecular flexibility index (Phi) is 64.3. The molecule has 1 unspecified atom stereocenters. The third kappa shape index (κ3) is 66.2. The number of allylic oxidation sites excluding steroid dienone is 22. The highest BCUT2D eigenvalue weighted by atomic mass is 16.6. The maximum atomic E-state index is 12.9. The lowest BCUT2D eigenvalue weighted by atomic mass is 10.0. The molecule has 460 valence electrons. The van der Waals surface area contributed by atoms with E-state index in [2.05, 4.69) is 154 Å². The molecule has 0 saturated heterocycles. The lowest BCUT2D eigenvalue weighted by molar-refractivity contribution is -0.167. The SMILES string of the molecule is CC/C=C\C/C=C\C/C=C\C/C=C\C/C=C\C/C=C\C/C=C\CCCC(=O)OC(COC(=O)CCCCCCC/C=C\C/C=C\CCCCC)COC(=O)CCCCCCCCCCCCCCC/C=C\C/C=C\CCCCCCC. The summed E-state index contributed by atoms with van der Waals surface area (Å²) in [5.41, 5.74) is 0. The molecule has 0 aromatic heterocycles. The fourth-order valence-corrected chi connectivity index (χ4v) is 9.08. The summed E-state index contributed by atoms with van der Waals surface area (Å²) in [7, 11) is 0. The molecular formula is C75H124O6. The van der Waals surface area contributed by atoms with E-state index in [0.29, 0.717) is 19.3 Å². The molecule has 0 N–H and O–H groups in total. The van der Waals surface area contributed by atoms with Crippen LogP contribution >= 0.6 is 0 Å². The average molecular weight is 1120 g/mol. The number of rotatable bonds is 60. The molecule has 0 bridgehead atoms. The first kappa shape index (κ1) is 76.5. The summed E-state index contributed by atoms with van der Waals surface area (Å²) in [6.45, 7) is 6.45. The fourth-order valence-electron chi connectivity index (χ4n) is 9.08. The Morgan fingerprint density at radius 3 is 0.815 bits per heavy atom. The van der Waals surface area contributed by atoms with Crippen LogP contribution in [-0.2, 0) is 28.6 Å². The smallest absolute Gasteiger partial charge is 0.306 e. The van der Waals surface area contributed by atoms with Crippen LogP contribution in [0.3, 0.4) is 0 Å². The predicted molar refractivity (Wildman–Crippen MR) is 353 cm³/mol. The number of esters is 3. The molecule has 0 fully saturated rings. The minimum atomic E-state index is -0.821. The Balaban J connectivity index is 4.46. The van der Waals surface area contributed by atoms with Gasteiger partial charge < -0.3 is 14.2 Å². The van der Waals surface area contributed by atoms with E-state index in [4.69, 9.17) is 14.2 Å². The number of carbonyl (C=O) groups excluding carboxylic acids is 3. The first-order valence-electron chi connectivity index (χ1n) is 33.7. The number of hydrogen-bond acceptors (Lipinski definition) is 6. The molecule has 0 aliphatic carbocycles. The van der Waals surface area contributed by atoms with E-state index in [1.807, 2.05) is 0 Å². The van der Waals surface area contributed by atoms with Crippen molar-refractivity contribution in [1.29, 1.82) is 0 Å². The normalized spacial score (nSPS) is 13.0. The van der Waals surface area contributed by atoms with Crippen molar-refractivity contribution in [3.05, 3.63) is 134 Å². The van der Waals surface area contributed by atoms with Crippen molar-refractivity contribution in [1.82, 2.24) is 0 Å². The number of hydrogen-bond donors (Lipinski definition) is 0. The van der Waals surface area contributed by atoms with Gasteiger partial charge in [0.05, 0.1) is 0 Å². The molecule has 1 atom stereocenters. The van der Waals surface area contributed by atoms with E-state index in [1.165, 1.54) is 135 Å². The van der Waals surface area contributed by atoms with E-state index in [-0.39, 0.29) is 37.5 Å². The molecule has 0 spiro atoms. The summed E-state index contributed by atoms with van der Waals surface area (Å²) in [5, 5.41) is 0. The van der Waals surface area contributed by atoms with Gasteiger partial charge in [-0.3, -0.25) is 14.4 Å². The summed E-state index contributed by atoms with van der Waals surface area (Å²) >= 11 is 0. The van der Waals surface area contributed by atoms with E-state index in [9.17, 15) is 14.4 Å². The Hall–Kier alpha value is -4.45. The van der Waals surface area contributed by atoms with Gasteiger partial charge in [-0.25, -0.2) is 0 Å². The molecule has 0 radical (unpaired) electrons. The zero-order valence-electron chi connectivity index (χ0n) is 52.8. The molecule has 81 heavy (non-hydrogen) atoms. The van der Waals surface area contributed by atoms with Crippen LogP contribution in [0, 0.1) is 0 Å². The third-order valence-corrected chi connectivity index (χ3v) is 14.1. The van der Waals surface area contributed by atoms with Gasteiger partial charge in [0, 0.05) is 19.3 Å². The van der Waals surface area contributed by atoms with Crippen molar-refractivity contribution >= 4 is 17.9 Å². The van der Waals surface area contributed by atoms with Gasteiger partial charge in [-0.2, -0.15) is 0 Å². The molecule has 0 amide bonds. The quantitative estimate of drug-likeness (QED) is 0.0261. The fraction of sp³-hybridized carbons (Fsp3) is 0.667.